The fraction of sp³-hybridized carbons (Fsp3) is 0.583. The molecule has 0 aliphatic carbocycles. The molecule has 1 heterocycles. The van der Waals surface area contributed by atoms with Gasteiger partial charge in [0.05, 0.1) is 0 Å². The first-order chi connectivity index (χ1) is 7.89. The van der Waals surface area contributed by atoms with Gasteiger partial charge in [-0.2, -0.15) is 0 Å². The van der Waals surface area contributed by atoms with Crippen molar-refractivity contribution in [2.24, 2.45) is 4.99 Å². The highest BCUT2D eigenvalue weighted by molar-refractivity contribution is 6.15. The van der Waals surface area contributed by atoms with Gasteiger partial charge in [0.25, 0.3) is 5.79 Å². The summed E-state index contributed by atoms with van der Waals surface area (Å²) < 4.78 is 9.87. The second kappa shape index (κ2) is 5.12. The van der Waals surface area contributed by atoms with Gasteiger partial charge in [0.15, 0.2) is 5.57 Å². The zero-order chi connectivity index (χ0) is 13.1. The van der Waals surface area contributed by atoms with E-state index < -0.39 is 17.7 Å². The third kappa shape index (κ3) is 3.41. The van der Waals surface area contributed by atoms with Gasteiger partial charge in [-0.15, -0.1) is 0 Å². The number of cyclic esters (lactones) is 2. The van der Waals surface area contributed by atoms with Crippen molar-refractivity contribution in [1.29, 1.82) is 0 Å². The van der Waals surface area contributed by atoms with Crippen LogP contribution in [-0.4, -0.2) is 23.4 Å². The number of nitrogens with zero attached hydrogens (tertiary/aromatic N) is 1. The van der Waals surface area contributed by atoms with Crippen LogP contribution in [0.25, 0.3) is 0 Å². The Morgan fingerprint density at radius 2 is 1.65 bits per heavy atom. The van der Waals surface area contributed by atoms with E-state index in [2.05, 4.69) is 4.99 Å². The van der Waals surface area contributed by atoms with Crippen molar-refractivity contribution in [2.75, 3.05) is 0 Å². The molecule has 94 valence electrons. The molecule has 1 aliphatic rings. The Kier molecular flexibility index (Phi) is 4.04. The van der Waals surface area contributed by atoms with E-state index >= 15 is 0 Å². The Balaban J connectivity index is 2.92. The molecule has 1 aliphatic heterocycles. The average Bonchev–Trinajstić information content (AvgIpc) is 2.21. The first-order valence-corrected chi connectivity index (χ1v) is 5.62. The normalized spacial score (nSPS) is 18.2. The zero-order valence-corrected chi connectivity index (χ0v) is 10.6. The van der Waals surface area contributed by atoms with E-state index in [-0.39, 0.29) is 5.57 Å². The molecular formula is C12H17NO4. The lowest BCUT2D eigenvalue weighted by Crippen LogP contribution is -2.41. The predicted molar refractivity (Wildman–Crippen MR) is 62.4 cm³/mol. The topological polar surface area (TPSA) is 65.0 Å². The molecule has 0 radical (unpaired) electrons. The SMILES string of the molecule is CCC(CC)=NC=C1C(=O)OC(C)(C)OC1=O. The monoisotopic (exact) mass is 239 g/mol. The molecule has 0 atom stereocenters. The van der Waals surface area contributed by atoms with E-state index in [9.17, 15) is 9.59 Å². The zero-order valence-electron chi connectivity index (χ0n) is 10.6. The summed E-state index contributed by atoms with van der Waals surface area (Å²) in [4.78, 5) is 27.2. The maximum absolute atomic E-state index is 11.5. The molecule has 5 heteroatoms. The molecule has 0 spiro atoms. The molecule has 0 unspecified atom stereocenters. The summed E-state index contributed by atoms with van der Waals surface area (Å²) in [7, 11) is 0. The minimum absolute atomic E-state index is 0.163. The summed E-state index contributed by atoms with van der Waals surface area (Å²) in [6.07, 6.45) is 2.77. The molecule has 0 bridgehead atoms. The second-order valence-electron chi connectivity index (χ2n) is 4.12. The highest BCUT2D eigenvalue weighted by Crippen LogP contribution is 2.22. The van der Waals surface area contributed by atoms with Crippen LogP contribution in [0, 0.1) is 0 Å². The first kappa shape index (κ1) is 13.4. The summed E-state index contributed by atoms with van der Waals surface area (Å²) in [6.45, 7) is 6.93. The van der Waals surface area contributed by atoms with Gasteiger partial charge in [-0.1, -0.05) is 13.8 Å². The van der Waals surface area contributed by atoms with Crippen molar-refractivity contribution in [1.82, 2.24) is 0 Å². The molecule has 0 saturated carbocycles. The molecule has 1 saturated heterocycles. The largest absolute Gasteiger partial charge is 0.419 e. The van der Waals surface area contributed by atoms with E-state index in [4.69, 9.17) is 9.47 Å². The Labute approximate surface area is 101 Å². The summed E-state index contributed by atoms with van der Waals surface area (Å²) in [6, 6.07) is 0. The average molecular weight is 239 g/mol. The molecule has 17 heavy (non-hydrogen) atoms. The van der Waals surface area contributed by atoms with Gasteiger partial charge < -0.3 is 9.47 Å². The Morgan fingerprint density at radius 3 is 2.06 bits per heavy atom. The van der Waals surface area contributed by atoms with Crippen molar-refractivity contribution in [3.05, 3.63) is 11.8 Å². The lowest BCUT2D eigenvalue weighted by molar-refractivity contribution is -0.222. The van der Waals surface area contributed by atoms with Crippen LogP contribution < -0.4 is 0 Å². The molecule has 5 nitrogen and oxygen atoms in total. The quantitative estimate of drug-likeness (QED) is 0.327. The molecule has 0 aromatic heterocycles. The predicted octanol–water partition coefficient (Wildman–Crippen LogP) is 1.97. The van der Waals surface area contributed by atoms with E-state index in [1.165, 1.54) is 20.0 Å². The van der Waals surface area contributed by atoms with E-state index in [0.717, 1.165) is 18.6 Å². The first-order valence-electron chi connectivity index (χ1n) is 5.62. The van der Waals surface area contributed by atoms with Crippen LogP contribution in [0.1, 0.15) is 40.5 Å². The Bertz CT molecular complexity index is 365. The van der Waals surface area contributed by atoms with Crippen LogP contribution in [0.4, 0.5) is 0 Å². The van der Waals surface area contributed by atoms with Gasteiger partial charge in [0.2, 0.25) is 0 Å². The van der Waals surface area contributed by atoms with Crippen LogP contribution in [-0.2, 0) is 19.1 Å². The van der Waals surface area contributed by atoms with Gasteiger partial charge in [-0.3, -0.25) is 4.99 Å². The second-order valence-corrected chi connectivity index (χ2v) is 4.12. The maximum Gasteiger partial charge on any atom is 0.350 e. The lowest BCUT2D eigenvalue weighted by atomic mass is 10.2. The minimum Gasteiger partial charge on any atom is -0.419 e. The number of esters is 2. The number of carbonyl (C=O) groups excluding carboxylic acids is 2. The highest BCUT2D eigenvalue weighted by Gasteiger charge is 2.38. The van der Waals surface area contributed by atoms with Crippen molar-refractivity contribution in [2.45, 2.75) is 46.3 Å². The van der Waals surface area contributed by atoms with E-state index in [1.54, 1.807) is 0 Å². The van der Waals surface area contributed by atoms with Crippen molar-refractivity contribution in [3.63, 3.8) is 0 Å². The summed E-state index contributed by atoms with van der Waals surface area (Å²) in [5, 5.41) is 0. The highest BCUT2D eigenvalue weighted by atomic mass is 16.7. The third-order valence-electron chi connectivity index (χ3n) is 2.31. The number of ether oxygens (including phenoxy) is 2. The number of rotatable bonds is 3. The van der Waals surface area contributed by atoms with E-state index in [1.807, 2.05) is 13.8 Å². The molecule has 0 N–H and O–H groups in total. The molecule has 0 aromatic rings. The van der Waals surface area contributed by atoms with Crippen LogP contribution in [0.2, 0.25) is 0 Å². The third-order valence-corrected chi connectivity index (χ3v) is 2.31. The van der Waals surface area contributed by atoms with Crippen LogP contribution in [0.5, 0.6) is 0 Å². The molecule has 1 rings (SSSR count). The van der Waals surface area contributed by atoms with Gasteiger partial charge >= 0.3 is 11.9 Å². The molecule has 0 amide bonds. The number of carbonyl (C=O) groups is 2. The summed E-state index contributed by atoms with van der Waals surface area (Å²) in [5.41, 5.74) is 0.742. The van der Waals surface area contributed by atoms with Crippen LogP contribution >= 0.6 is 0 Å². The van der Waals surface area contributed by atoms with Crippen LogP contribution in [0.15, 0.2) is 16.8 Å². The van der Waals surface area contributed by atoms with Gasteiger partial charge in [-0.05, 0) is 12.8 Å². The number of hydrogen-bond acceptors (Lipinski definition) is 5. The van der Waals surface area contributed by atoms with Crippen molar-refractivity contribution in [3.8, 4) is 0 Å². The summed E-state index contributed by atoms with van der Waals surface area (Å²) >= 11 is 0. The van der Waals surface area contributed by atoms with Gasteiger partial charge in [-0.25, -0.2) is 9.59 Å². The Morgan fingerprint density at radius 1 is 1.18 bits per heavy atom. The molecule has 1 fully saturated rings. The number of hydrogen-bond donors (Lipinski definition) is 0. The van der Waals surface area contributed by atoms with Gasteiger partial charge in [0, 0.05) is 25.8 Å². The van der Waals surface area contributed by atoms with Crippen molar-refractivity contribution >= 4 is 17.7 Å². The fourth-order valence-corrected chi connectivity index (χ4v) is 1.35. The fourth-order valence-electron chi connectivity index (χ4n) is 1.35. The Hall–Kier alpha value is -1.65. The molecule has 0 aromatic carbocycles. The van der Waals surface area contributed by atoms with Crippen molar-refractivity contribution < 1.29 is 19.1 Å². The van der Waals surface area contributed by atoms with E-state index in [0.29, 0.717) is 0 Å². The van der Waals surface area contributed by atoms with Crippen LogP contribution in [0.3, 0.4) is 0 Å². The standard InChI is InChI=1S/C12H17NO4/c1-5-8(6-2)13-7-9-10(14)16-12(3,4)17-11(9)15/h7H,5-6H2,1-4H3. The summed E-state index contributed by atoms with van der Waals surface area (Å²) in [5.74, 6) is -2.59. The molecular weight excluding hydrogens is 222 g/mol. The lowest BCUT2D eigenvalue weighted by Gasteiger charge is -2.29. The smallest absolute Gasteiger partial charge is 0.350 e. The van der Waals surface area contributed by atoms with Gasteiger partial charge in [0.1, 0.15) is 0 Å². The minimum atomic E-state index is -1.20. The number of aliphatic imine (C=N–C) groups is 1. The maximum atomic E-state index is 11.5.